The molecule has 0 amide bonds. The number of hydrogen-bond donors (Lipinski definition) is 3. The number of Topliss-reactive ketones (excluding diaryl/α,β-unsaturated/α-hetero) is 1. The molecule has 3 heterocycles. The summed E-state index contributed by atoms with van der Waals surface area (Å²) >= 11 is 0. The Hall–Kier alpha value is -1.86. The standard InChI is InChI=1S/C47H74O15/c1-12-23(2)43(51)60-35-20-32-31(47(52)18-16-30(24(3)48)46(35,47)8)14-13-28-19-29(15-17-45(28,32)7)59-36-21-33(53-9)40(26(5)56-36)61-37-22-34(54-10)41(27(6)57-37)62-44-39(50)42(55-11)38(49)25(4)58-44/h12-13,25-27,29-42,44,49-50,52H,14-22H2,1-11H3/b23-12+/t25?,26?,27?,29?,30?,31?,32?,33?,34?,35?,36-,37-,38-,39+,40-,41-,42?,44-,45?,46?,47?/m0/s1. The Morgan fingerprint density at radius 3 is 2.00 bits per heavy atom. The lowest BCUT2D eigenvalue weighted by Crippen LogP contribution is -2.66. The van der Waals surface area contributed by atoms with Crippen molar-refractivity contribution in [1.82, 2.24) is 0 Å². The Morgan fingerprint density at radius 1 is 0.774 bits per heavy atom. The minimum atomic E-state index is -1.22. The molecular formula is C47H74O15. The molecule has 0 aromatic rings. The van der Waals surface area contributed by atoms with Gasteiger partial charge in [-0.3, -0.25) is 4.79 Å². The molecule has 4 aliphatic carbocycles. The molecular weight excluding hydrogens is 805 g/mol. The van der Waals surface area contributed by atoms with Crippen LogP contribution in [0, 0.1) is 28.6 Å². The van der Waals surface area contributed by atoms with Crippen molar-refractivity contribution in [2.75, 3.05) is 21.3 Å². The summed E-state index contributed by atoms with van der Waals surface area (Å²) in [6, 6.07) is 0. The number of ether oxygens (including phenoxy) is 10. The van der Waals surface area contributed by atoms with Gasteiger partial charge in [0.05, 0.1) is 42.2 Å². The van der Waals surface area contributed by atoms with Gasteiger partial charge in [0.25, 0.3) is 0 Å². The van der Waals surface area contributed by atoms with Gasteiger partial charge in [-0.2, -0.15) is 0 Å². The molecule has 3 N–H and O–H groups in total. The van der Waals surface area contributed by atoms with E-state index in [1.165, 1.54) is 12.7 Å². The fraction of sp³-hybridized carbons (Fsp3) is 0.872. The monoisotopic (exact) mass is 879 g/mol. The van der Waals surface area contributed by atoms with Gasteiger partial charge in [-0.25, -0.2) is 4.79 Å². The van der Waals surface area contributed by atoms with E-state index >= 15 is 0 Å². The highest BCUT2D eigenvalue weighted by molar-refractivity contribution is 5.88. The smallest absolute Gasteiger partial charge is 0.333 e. The van der Waals surface area contributed by atoms with Gasteiger partial charge in [-0.05, 0) is 104 Å². The molecule has 0 aromatic heterocycles. The molecule has 0 bridgehead atoms. The van der Waals surface area contributed by atoms with Crippen LogP contribution in [0.25, 0.3) is 0 Å². The molecule has 0 radical (unpaired) electrons. The molecule has 14 unspecified atom stereocenters. The number of allylic oxidation sites excluding steroid dienone is 2. The summed E-state index contributed by atoms with van der Waals surface area (Å²) in [5, 5.41) is 34.1. The molecule has 15 nitrogen and oxygen atoms in total. The molecule has 15 heteroatoms. The summed E-state index contributed by atoms with van der Waals surface area (Å²) in [4.78, 5) is 26.4. The largest absolute Gasteiger partial charge is 0.458 e. The molecule has 21 atom stereocenters. The van der Waals surface area contributed by atoms with Crippen molar-refractivity contribution < 1.29 is 72.3 Å². The first-order valence-corrected chi connectivity index (χ1v) is 23.0. The number of aliphatic hydroxyl groups is 3. The Morgan fingerprint density at radius 2 is 1.40 bits per heavy atom. The molecule has 7 aliphatic rings. The highest BCUT2D eigenvalue weighted by atomic mass is 16.8. The number of ketones is 1. The Balaban J connectivity index is 0.980. The van der Waals surface area contributed by atoms with Crippen LogP contribution in [-0.4, -0.2) is 146 Å². The van der Waals surface area contributed by atoms with E-state index in [4.69, 9.17) is 47.4 Å². The number of hydrogen-bond acceptors (Lipinski definition) is 15. The van der Waals surface area contributed by atoms with Gasteiger partial charge in [0.15, 0.2) is 18.9 Å². The quantitative estimate of drug-likeness (QED) is 0.139. The van der Waals surface area contributed by atoms with E-state index in [1.54, 1.807) is 41.1 Å². The molecule has 3 saturated heterocycles. The van der Waals surface area contributed by atoms with E-state index in [-0.39, 0.29) is 41.2 Å². The normalized spacial score (nSPS) is 49.6. The van der Waals surface area contributed by atoms with Crippen LogP contribution in [0.1, 0.15) is 113 Å². The summed E-state index contributed by atoms with van der Waals surface area (Å²) in [5.74, 6) is -0.727. The first-order chi connectivity index (χ1) is 29.3. The zero-order valence-electron chi connectivity index (χ0n) is 38.7. The molecule has 7 rings (SSSR count). The Bertz CT molecular complexity index is 1670. The van der Waals surface area contributed by atoms with Gasteiger partial charge in [0.2, 0.25) is 0 Å². The van der Waals surface area contributed by atoms with Crippen LogP contribution in [-0.2, 0) is 57.0 Å². The molecule has 352 valence electrons. The van der Waals surface area contributed by atoms with Crippen molar-refractivity contribution in [2.24, 2.45) is 28.6 Å². The van der Waals surface area contributed by atoms with Crippen molar-refractivity contribution >= 4 is 11.8 Å². The zero-order chi connectivity index (χ0) is 45.1. The molecule has 3 aliphatic heterocycles. The predicted octanol–water partition coefficient (Wildman–Crippen LogP) is 4.69. The molecule has 0 aromatic carbocycles. The fourth-order valence-corrected chi connectivity index (χ4v) is 12.8. The van der Waals surface area contributed by atoms with Crippen LogP contribution in [0.2, 0.25) is 0 Å². The summed E-state index contributed by atoms with van der Waals surface area (Å²) in [7, 11) is 4.68. The van der Waals surface area contributed by atoms with E-state index in [2.05, 4.69) is 13.0 Å². The van der Waals surface area contributed by atoms with Crippen LogP contribution in [0.5, 0.6) is 0 Å². The average Bonchev–Trinajstić information content (AvgIpc) is 3.53. The van der Waals surface area contributed by atoms with E-state index in [1.807, 2.05) is 27.7 Å². The second-order valence-electron chi connectivity index (χ2n) is 19.8. The first-order valence-electron chi connectivity index (χ1n) is 23.0. The SMILES string of the molecule is C/C=C(\C)C(=O)OC1CC2C(CC=C3CC(O[C@H]4CC(OC)[C@@H](O[C@H]5CC(OC)[C@@H](O[C@@H]6OC(C)[C@H](O)C(OC)[C@H]6O)C(C)O5)C(C)O4)CCC32C)C2(O)CCC(C(C)=O)C12C. The number of carbonyl (C=O) groups excluding carboxylic acids is 2. The van der Waals surface area contributed by atoms with Crippen molar-refractivity contribution in [3.05, 3.63) is 23.3 Å². The van der Waals surface area contributed by atoms with Crippen LogP contribution < -0.4 is 0 Å². The number of rotatable bonds is 12. The van der Waals surface area contributed by atoms with Crippen LogP contribution >= 0.6 is 0 Å². The Kier molecular flexibility index (Phi) is 14.6. The van der Waals surface area contributed by atoms with Gasteiger partial charge in [-0.15, -0.1) is 0 Å². The fourth-order valence-electron chi connectivity index (χ4n) is 12.8. The van der Waals surface area contributed by atoms with E-state index in [0.29, 0.717) is 44.1 Å². The third-order valence-corrected chi connectivity index (χ3v) is 16.6. The maximum atomic E-state index is 13.3. The van der Waals surface area contributed by atoms with Gasteiger partial charge < -0.3 is 62.7 Å². The number of aliphatic hydroxyl groups excluding tert-OH is 2. The highest BCUT2D eigenvalue weighted by Crippen LogP contribution is 2.68. The van der Waals surface area contributed by atoms with Crippen molar-refractivity contribution in [2.45, 2.75) is 211 Å². The number of esters is 1. The van der Waals surface area contributed by atoms with Crippen LogP contribution in [0.3, 0.4) is 0 Å². The molecule has 0 spiro atoms. The van der Waals surface area contributed by atoms with Gasteiger partial charge in [-0.1, -0.05) is 31.6 Å². The summed E-state index contributed by atoms with van der Waals surface area (Å²) in [6.07, 6.45) is 0.173. The lowest BCUT2D eigenvalue weighted by atomic mass is 9.45. The van der Waals surface area contributed by atoms with Crippen molar-refractivity contribution in [1.29, 1.82) is 0 Å². The predicted molar refractivity (Wildman–Crippen MR) is 223 cm³/mol. The maximum Gasteiger partial charge on any atom is 0.333 e. The topological polar surface area (TPSA) is 187 Å². The van der Waals surface area contributed by atoms with E-state index in [0.717, 1.165) is 19.3 Å². The van der Waals surface area contributed by atoms with Gasteiger partial charge in [0, 0.05) is 51.1 Å². The molecule has 3 saturated carbocycles. The number of fused-ring (bicyclic) bond motifs is 5. The van der Waals surface area contributed by atoms with E-state index < -0.39 is 96.9 Å². The van der Waals surface area contributed by atoms with Gasteiger partial charge >= 0.3 is 5.97 Å². The second kappa shape index (κ2) is 18.8. The Labute approximate surface area is 367 Å². The third kappa shape index (κ3) is 8.42. The van der Waals surface area contributed by atoms with Crippen molar-refractivity contribution in [3.63, 3.8) is 0 Å². The maximum absolute atomic E-state index is 13.3. The first kappa shape index (κ1) is 48.1. The minimum absolute atomic E-state index is 0.0391. The highest BCUT2D eigenvalue weighted by Gasteiger charge is 2.71. The minimum Gasteiger partial charge on any atom is -0.458 e. The summed E-state index contributed by atoms with van der Waals surface area (Å²) < 4.78 is 61.8. The molecule has 6 fully saturated rings. The van der Waals surface area contributed by atoms with Crippen molar-refractivity contribution in [3.8, 4) is 0 Å². The van der Waals surface area contributed by atoms with Gasteiger partial charge in [0.1, 0.15) is 42.4 Å². The average molecular weight is 879 g/mol. The lowest BCUT2D eigenvalue weighted by Gasteiger charge is -2.63. The second-order valence-corrected chi connectivity index (χ2v) is 19.8. The zero-order valence-corrected chi connectivity index (χ0v) is 38.7. The summed E-state index contributed by atoms with van der Waals surface area (Å²) in [5.41, 5.74) is -0.439. The number of carbonyl (C=O) groups is 2. The molecule has 62 heavy (non-hydrogen) atoms. The number of methoxy groups -OCH3 is 3. The lowest BCUT2D eigenvalue weighted by molar-refractivity contribution is -0.352. The summed E-state index contributed by atoms with van der Waals surface area (Å²) in [6.45, 7) is 15.0. The van der Waals surface area contributed by atoms with E-state index in [9.17, 15) is 24.9 Å². The van der Waals surface area contributed by atoms with Crippen LogP contribution in [0.15, 0.2) is 23.3 Å². The van der Waals surface area contributed by atoms with Crippen LogP contribution in [0.4, 0.5) is 0 Å². The third-order valence-electron chi connectivity index (χ3n) is 16.6.